The third-order valence-corrected chi connectivity index (χ3v) is 7.70. The quantitative estimate of drug-likeness (QED) is 0.447. The van der Waals surface area contributed by atoms with Crippen LogP contribution in [0.1, 0.15) is 42.9 Å². The largest absolute Gasteiger partial charge is 0.403 e. The number of nitrogens with one attached hydrogen (secondary N) is 1. The average molecular weight is 550 g/mol. The van der Waals surface area contributed by atoms with Crippen molar-refractivity contribution < 1.29 is 36.7 Å². The summed E-state index contributed by atoms with van der Waals surface area (Å²) >= 11 is 0. The molecule has 9 nitrogen and oxygen atoms in total. The summed E-state index contributed by atoms with van der Waals surface area (Å²) in [6, 6.07) is 4.89. The Labute approximate surface area is 221 Å². The van der Waals surface area contributed by atoms with Gasteiger partial charge in [-0.05, 0) is 43.5 Å². The molecule has 3 N–H and O–H groups in total. The number of anilines is 2. The Morgan fingerprint density at radius 3 is 2.33 bits per heavy atom. The Hall–Kier alpha value is -3.74. The molecular weight excluding hydrogens is 522 g/mol. The van der Waals surface area contributed by atoms with Gasteiger partial charge in [0.1, 0.15) is 17.1 Å². The standard InChI is InChI=1S/C26H27F4N5O4/c1-14-10-35(23(37)22(36)33-18-8-19(16-12-39-13-16)21(31)32-9-18)20(15-2-4-17(27)5-3-15)11-34(14)24(38)25(6-7-25)26(28,29)30/h2-5,8-9,14,16,20H,6-7,10-13H2,1H3,(H2,31,32)(H,33,36)/t14-,20?/m1/s1. The lowest BCUT2D eigenvalue weighted by Gasteiger charge is -2.46. The van der Waals surface area contributed by atoms with Gasteiger partial charge < -0.3 is 25.6 Å². The molecule has 3 fully saturated rings. The first-order valence-corrected chi connectivity index (χ1v) is 12.5. The number of nitrogens with two attached hydrogens (primary N) is 1. The number of ether oxygens (including phenoxy) is 1. The average Bonchev–Trinajstić information content (AvgIpc) is 3.67. The number of nitrogen functional groups attached to an aromatic ring is 1. The molecule has 1 aromatic heterocycles. The molecule has 3 heterocycles. The molecule has 2 atom stereocenters. The van der Waals surface area contributed by atoms with E-state index in [1.165, 1.54) is 30.2 Å². The van der Waals surface area contributed by atoms with Gasteiger partial charge in [-0.25, -0.2) is 9.37 Å². The molecule has 2 saturated heterocycles. The summed E-state index contributed by atoms with van der Waals surface area (Å²) in [6.07, 6.45) is -3.98. The number of benzene rings is 1. The molecular formula is C26H27F4N5O4. The Kier molecular flexibility index (Phi) is 6.73. The molecule has 0 spiro atoms. The fourth-order valence-corrected chi connectivity index (χ4v) is 5.09. The van der Waals surface area contributed by atoms with Crippen LogP contribution in [0, 0.1) is 11.2 Å². The summed E-state index contributed by atoms with van der Waals surface area (Å²) < 4.78 is 60.0. The van der Waals surface area contributed by atoms with Gasteiger partial charge in [-0.1, -0.05) is 12.1 Å². The highest BCUT2D eigenvalue weighted by Crippen LogP contribution is 2.59. The number of pyridine rings is 1. The van der Waals surface area contributed by atoms with E-state index in [1.54, 1.807) is 6.07 Å². The predicted molar refractivity (Wildman–Crippen MR) is 131 cm³/mol. The maximum atomic E-state index is 13.7. The second-order valence-electron chi connectivity index (χ2n) is 10.3. The number of aromatic nitrogens is 1. The summed E-state index contributed by atoms with van der Waals surface area (Å²) in [5.74, 6) is -3.25. The predicted octanol–water partition coefficient (Wildman–Crippen LogP) is 3.00. The first-order chi connectivity index (χ1) is 18.4. The van der Waals surface area contributed by atoms with Gasteiger partial charge in [-0.3, -0.25) is 14.4 Å². The first-order valence-electron chi connectivity index (χ1n) is 12.5. The van der Waals surface area contributed by atoms with Crippen molar-refractivity contribution in [3.05, 3.63) is 53.5 Å². The number of amides is 3. The number of carbonyl (C=O) groups is 3. The smallest absolute Gasteiger partial charge is 0.383 e. The van der Waals surface area contributed by atoms with E-state index in [-0.39, 0.29) is 43.4 Å². The van der Waals surface area contributed by atoms with E-state index in [1.807, 2.05) is 0 Å². The summed E-state index contributed by atoms with van der Waals surface area (Å²) in [5, 5.41) is 2.52. The molecule has 0 bridgehead atoms. The van der Waals surface area contributed by atoms with E-state index in [0.717, 1.165) is 17.0 Å². The number of halogens is 4. The van der Waals surface area contributed by atoms with Crippen molar-refractivity contribution in [2.75, 3.05) is 37.4 Å². The van der Waals surface area contributed by atoms with Crippen LogP contribution in [0.25, 0.3) is 0 Å². The molecule has 1 unspecified atom stereocenters. The molecule has 208 valence electrons. The van der Waals surface area contributed by atoms with Crippen LogP contribution in [0.15, 0.2) is 36.5 Å². The lowest BCUT2D eigenvalue weighted by molar-refractivity contribution is -0.201. The van der Waals surface area contributed by atoms with Crippen LogP contribution < -0.4 is 11.1 Å². The van der Waals surface area contributed by atoms with Gasteiger partial charge in [0.15, 0.2) is 0 Å². The highest BCUT2D eigenvalue weighted by molar-refractivity contribution is 6.39. The Balaban J connectivity index is 1.39. The van der Waals surface area contributed by atoms with Crippen LogP contribution in [0.5, 0.6) is 0 Å². The second kappa shape index (κ2) is 9.78. The summed E-state index contributed by atoms with van der Waals surface area (Å²) in [7, 11) is 0. The molecule has 39 heavy (non-hydrogen) atoms. The summed E-state index contributed by atoms with van der Waals surface area (Å²) in [5.41, 5.74) is 4.80. The van der Waals surface area contributed by atoms with Crippen molar-refractivity contribution in [2.24, 2.45) is 5.41 Å². The number of carbonyl (C=O) groups excluding carboxylic acids is 3. The molecule has 13 heteroatoms. The minimum atomic E-state index is -4.69. The fourth-order valence-electron chi connectivity index (χ4n) is 5.09. The van der Waals surface area contributed by atoms with Crippen LogP contribution in [-0.4, -0.2) is 71.0 Å². The number of hydrogen-bond acceptors (Lipinski definition) is 6. The summed E-state index contributed by atoms with van der Waals surface area (Å²) in [6.45, 7) is 1.97. The van der Waals surface area contributed by atoms with E-state index in [9.17, 15) is 31.9 Å². The van der Waals surface area contributed by atoms with E-state index in [2.05, 4.69) is 10.3 Å². The van der Waals surface area contributed by atoms with Crippen LogP contribution in [0.4, 0.5) is 29.1 Å². The van der Waals surface area contributed by atoms with E-state index < -0.39 is 47.2 Å². The van der Waals surface area contributed by atoms with Crippen LogP contribution >= 0.6 is 0 Å². The minimum absolute atomic E-state index is 0.0193. The van der Waals surface area contributed by atoms with Gasteiger partial charge in [0.05, 0.1) is 31.1 Å². The van der Waals surface area contributed by atoms with Crippen molar-refractivity contribution in [2.45, 2.75) is 43.9 Å². The molecule has 5 rings (SSSR count). The zero-order valence-electron chi connectivity index (χ0n) is 21.0. The van der Waals surface area contributed by atoms with Crippen molar-refractivity contribution in [1.82, 2.24) is 14.8 Å². The van der Waals surface area contributed by atoms with Crippen molar-refractivity contribution >= 4 is 29.2 Å². The maximum Gasteiger partial charge on any atom is 0.403 e. The van der Waals surface area contributed by atoms with Crippen LogP contribution in [-0.2, 0) is 19.1 Å². The SMILES string of the molecule is C[C@@H]1CN(C(=O)C(=O)Nc2cnc(N)c(C3COC3)c2)C(c2ccc(F)cc2)CN1C(=O)C1(C(F)(F)F)CC1. The third kappa shape index (κ3) is 4.90. The molecule has 3 amide bonds. The monoisotopic (exact) mass is 549 g/mol. The number of hydrogen-bond donors (Lipinski definition) is 2. The highest BCUT2D eigenvalue weighted by atomic mass is 19.4. The van der Waals surface area contributed by atoms with Gasteiger partial charge in [-0.15, -0.1) is 0 Å². The van der Waals surface area contributed by atoms with E-state index >= 15 is 0 Å². The van der Waals surface area contributed by atoms with Gasteiger partial charge in [0.25, 0.3) is 0 Å². The Bertz CT molecular complexity index is 1290. The normalized spacial score (nSPS) is 22.7. The highest BCUT2D eigenvalue weighted by Gasteiger charge is 2.70. The van der Waals surface area contributed by atoms with Crippen LogP contribution in [0.3, 0.4) is 0 Å². The van der Waals surface area contributed by atoms with Crippen molar-refractivity contribution in [3.63, 3.8) is 0 Å². The van der Waals surface area contributed by atoms with Gasteiger partial charge in [-0.2, -0.15) is 13.2 Å². The van der Waals surface area contributed by atoms with Crippen molar-refractivity contribution in [1.29, 1.82) is 0 Å². The number of alkyl halides is 3. The van der Waals surface area contributed by atoms with Gasteiger partial charge in [0, 0.05) is 30.6 Å². The Morgan fingerprint density at radius 1 is 1.10 bits per heavy atom. The lowest BCUT2D eigenvalue weighted by atomic mass is 9.96. The number of nitrogens with zero attached hydrogens (tertiary/aromatic N) is 3. The minimum Gasteiger partial charge on any atom is -0.383 e. The van der Waals surface area contributed by atoms with Crippen molar-refractivity contribution in [3.8, 4) is 0 Å². The molecule has 1 saturated carbocycles. The zero-order valence-corrected chi connectivity index (χ0v) is 21.0. The second-order valence-corrected chi connectivity index (χ2v) is 10.3. The molecule has 2 aliphatic heterocycles. The third-order valence-electron chi connectivity index (χ3n) is 7.70. The van der Waals surface area contributed by atoms with E-state index in [0.29, 0.717) is 24.3 Å². The topological polar surface area (TPSA) is 118 Å². The van der Waals surface area contributed by atoms with Crippen LogP contribution in [0.2, 0.25) is 0 Å². The summed E-state index contributed by atoms with van der Waals surface area (Å²) in [4.78, 5) is 45.9. The van der Waals surface area contributed by atoms with E-state index in [4.69, 9.17) is 10.5 Å². The lowest BCUT2D eigenvalue weighted by Crippen LogP contribution is -2.60. The molecule has 0 radical (unpaired) electrons. The molecule has 1 aliphatic carbocycles. The number of piperazine rings is 1. The first kappa shape index (κ1) is 26.9. The van der Waals surface area contributed by atoms with Gasteiger partial charge >= 0.3 is 18.0 Å². The molecule has 1 aromatic carbocycles. The maximum absolute atomic E-state index is 13.7. The van der Waals surface area contributed by atoms with Gasteiger partial charge in [0.2, 0.25) is 5.91 Å². The molecule has 3 aliphatic rings. The molecule has 2 aromatic rings. The fraction of sp³-hybridized carbons (Fsp3) is 0.462. The Morgan fingerprint density at radius 2 is 1.77 bits per heavy atom. The zero-order chi connectivity index (χ0) is 28.1. The number of rotatable bonds is 4.